The summed E-state index contributed by atoms with van der Waals surface area (Å²) < 4.78 is 3.72. The van der Waals surface area contributed by atoms with Gasteiger partial charge in [0.2, 0.25) is 5.91 Å². The third-order valence-corrected chi connectivity index (χ3v) is 8.64. The molecule has 1 amide bonds. The second-order valence-electron chi connectivity index (χ2n) is 12.5. The Hall–Kier alpha value is -7.41. The average molecular weight is 715 g/mol. The molecule has 0 radical (unpaired) electrons. The molecule has 0 aliphatic heterocycles. The van der Waals surface area contributed by atoms with Crippen molar-refractivity contribution < 1.29 is 4.79 Å². The van der Waals surface area contributed by atoms with Crippen LogP contribution in [0.2, 0.25) is 0 Å². The van der Waals surface area contributed by atoms with Gasteiger partial charge in [0.05, 0.1) is 46.9 Å². The molecule has 8 rings (SSSR count). The third-order valence-electron chi connectivity index (χ3n) is 8.64. The maximum absolute atomic E-state index is 11.6. The van der Waals surface area contributed by atoms with Crippen LogP contribution in [-0.2, 0) is 4.79 Å². The Balaban J connectivity index is 0.000000168. The van der Waals surface area contributed by atoms with Crippen LogP contribution < -0.4 is 21.7 Å². The van der Waals surface area contributed by atoms with E-state index in [4.69, 9.17) is 5.73 Å². The van der Waals surface area contributed by atoms with Crippen LogP contribution in [0.1, 0.15) is 37.1 Å². The molecule has 2 atom stereocenters. The number of nitrogen functional groups attached to an aromatic ring is 1. The molecule has 8 aromatic rings. The number of hydrogen-bond donors (Lipinski definition) is 4. The van der Waals surface area contributed by atoms with E-state index in [2.05, 4.69) is 90.5 Å². The SMILES string of the molecule is C=CC(=O)Nc1ccc2ncn(-c3cncc(N[C@@H](C)c4ccccc4)n3)c2c1.C[C@H](Nc1cncc(-n2cnc3ccc(N)cc32)n1)c1ccccc1. The number of aromatic nitrogens is 8. The standard InChI is InChI=1S/C22H20N6O.C19H18N6/c1-3-22(29)26-17-9-10-18-19(11-17)28(14-24-18)21-13-23-12-20(27-21)25-15(2)16-7-5-4-6-8-16;1-13(14-5-3-2-4-6-14)23-18-10-21-11-19(24-18)25-12-22-16-8-7-15(20)9-17(16)25/h3-15H,1H2,2H3,(H,25,27)(H,26,29);2-13H,20H2,1H3,(H,23,24)/t15-;13-/m00/s1. The van der Waals surface area contributed by atoms with Gasteiger partial charge in [0.25, 0.3) is 0 Å². The molecule has 54 heavy (non-hydrogen) atoms. The number of benzene rings is 4. The molecule has 0 bridgehead atoms. The van der Waals surface area contributed by atoms with E-state index in [9.17, 15) is 4.79 Å². The maximum Gasteiger partial charge on any atom is 0.247 e. The number of anilines is 4. The van der Waals surface area contributed by atoms with Crippen molar-refractivity contribution >= 4 is 51.0 Å². The van der Waals surface area contributed by atoms with E-state index < -0.39 is 0 Å². The summed E-state index contributed by atoms with van der Waals surface area (Å²) in [5.74, 6) is 2.43. The Kier molecular flexibility index (Phi) is 10.3. The molecule has 13 heteroatoms. The number of amides is 1. The van der Waals surface area contributed by atoms with Crippen molar-refractivity contribution in [3.63, 3.8) is 0 Å². The zero-order valence-corrected chi connectivity index (χ0v) is 29.7. The van der Waals surface area contributed by atoms with Gasteiger partial charge in [-0.25, -0.2) is 19.9 Å². The van der Waals surface area contributed by atoms with Gasteiger partial charge >= 0.3 is 0 Å². The molecule has 0 unspecified atom stereocenters. The van der Waals surface area contributed by atoms with Gasteiger partial charge in [-0.3, -0.25) is 23.9 Å². The van der Waals surface area contributed by atoms with E-state index in [-0.39, 0.29) is 18.0 Å². The van der Waals surface area contributed by atoms with E-state index in [1.807, 2.05) is 75.9 Å². The number of rotatable bonds is 10. The number of hydrogen-bond acceptors (Lipinski definition) is 10. The summed E-state index contributed by atoms with van der Waals surface area (Å²) >= 11 is 0. The second-order valence-corrected chi connectivity index (χ2v) is 12.5. The molecule has 4 aromatic heterocycles. The molecule has 0 aliphatic carbocycles. The molecule has 13 nitrogen and oxygen atoms in total. The maximum atomic E-state index is 11.6. The lowest BCUT2D eigenvalue weighted by atomic mass is 10.1. The lowest BCUT2D eigenvalue weighted by molar-refractivity contribution is -0.111. The van der Waals surface area contributed by atoms with E-state index in [1.165, 1.54) is 11.6 Å². The summed E-state index contributed by atoms with van der Waals surface area (Å²) in [6.07, 6.45) is 11.5. The van der Waals surface area contributed by atoms with Gasteiger partial charge in [0.15, 0.2) is 11.6 Å². The highest BCUT2D eigenvalue weighted by Gasteiger charge is 2.12. The fraction of sp³-hybridized carbons (Fsp3) is 0.0976. The minimum absolute atomic E-state index is 0.0843. The predicted molar refractivity (Wildman–Crippen MR) is 214 cm³/mol. The minimum atomic E-state index is -0.267. The first kappa shape index (κ1) is 35.0. The van der Waals surface area contributed by atoms with E-state index in [0.717, 1.165) is 27.6 Å². The first-order valence-electron chi connectivity index (χ1n) is 17.3. The number of nitrogens with zero attached hydrogens (tertiary/aromatic N) is 8. The van der Waals surface area contributed by atoms with E-state index >= 15 is 0 Å². The number of fused-ring (bicyclic) bond motifs is 2. The number of nitrogens with two attached hydrogens (primary N) is 1. The lowest BCUT2D eigenvalue weighted by Crippen LogP contribution is -2.09. The first-order chi connectivity index (χ1) is 26.3. The highest BCUT2D eigenvalue weighted by molar-refractivity contribution is 6.00. The quantitative estimate of drug-likeness (QED) is 0.0815. The monoisotopic (exact) mass is 714 g/mol. The zero-order valence-electron chi connectivity index (χ0n) is 29.7. The molecule has 5 N–H and O–H groups in total. The Morgan fingerprint density at radius 2 is 1.19 bits per heavy atom. The van der Waals surface area contributed by atoms with Gasteiger partial charge in [-0.1, -0.05) is 67.2 Å². The average Bonchev–Trinajstić information content (AvgIpc) is 3.83. The molecule has 0 spiro atoms. The van der Waals surface area contributed by atoms with Crippen molar-refractivity contribution in [1.82, 2.24) is 39.0 Å². The molecule has 0 saturated carbocycles. The number of carbonyl (C=O) groups is 1. The number of imidazole rings is 2. The van der Waals surface area contributed by atoms with E-state index in [1.54, 1.807) is 43.5 Å². The molecular weight excluding hydrogens is 677 g/mol. The van der Waals surface area contributed by atoms with Crippen LogP contribution in [0, 0.1) is 0 Å². The fourth-order valence-electron chi connectivity index (χ4n) is 5.84. The van der Waals surface area contributed by atoms with Crippen LogP contribution in [-0.4, -0.2) is 44.9 Å². The summed E-state index contributed by atoms with van der Waals surface area (Å²) in [5, 5.41) is 9.53. The summed E-state index contributed by atoms with van der Waals surface area (Å²) in [7, 11) is 0. The van der Waals surface area contributed by atoms with Crippen LogP contribution in [0.15, 0.2) is 147 Å². The van der Waals surface area contributed by atoms with Crippen molar-refractivity contribution in [3.8, 4) is 11.6 Å². The summed E-state index contributed by atoms with van der Waals surface area (Å²) in [5.41, 5.74) is 13.0. The Morgan fingerprint density at radius 1 is 0.685 bits per heavy atom. The molecule has 0 fully saturated rings. The molecule has 0 aliphatic rings. The topological polar surface area (TPSA) is 166 Å². The third kappa shape index (κ3) is 8.05. The van der Waals surface area contributed by atoms with Crippen molar-refractivity contribution in [3.05, 3.63) is 158 Å². The normalized spacial score (nSPS) is 12.0. The molecule has 4 aromatic carbocycles. The molecular formula is C41H38N12O. The van der Waals surface area contributed by atoms with Crippen LogP contribution >= 0.6 is 0 Å². The summed E-state index contributed by atoms with van der Waals surface area (Å²) in [4.78, 5) is 38.4. The second kappa shape index (κ2) is 15.9. The number of nitrogens with one attached hydrogen (secondary N) is 3. The van der Waals surface area contributed by atoms with Crippen LogP contribution in [0.5, 0.6) is 0 Å². The zero-order chi connectivity index (χ0) is 37.4. The van der Waals surface area contributed by atoms with Crippen molar-refractivity contribution in [2.24, 2.45) is 0 Å². The number of carbonyl (C=O) groups excluding carboxylic acids is 1. The lowest BCUT2D eigenvalue weighted by Gasteiger charge is -2.15. The first-order valence-corrected chi connectivity index (χ1v) is 17.3. The van der Waals surface area contributed by atoms with E-state index in [0.29, 0.717) is 34.6 Å². The van der Waals surface area contributed by atoms with Gasteiger partial charge < -0.3 is 21.7 Å². The van der Waals surface area contributed by atoms with Crippen molar-refractivity contribution in [1.29, 1.82) is 0 Å². The van der Waals surface area contributed by atoms with Gasteiger partial charge in [-0.05, 0) is 67.4 Å². The molecule has 268 valence electrons. The summed E-state index contributed by atoms with van der Waals surface area (Å²) in [6, 6.07) is 31.7. The smallest absolute Gasteiger partial charge is 0.247 e. The van der Waals surface area contributed by atoms with Gasteiger partial charge in [0, 0.05) is 23.5 Å². The Morgan fingerprint density at radius 3 is 1.70 bits per heavy atom. The fourth-order valence-corrected chi connectivity index (χ4v) is 5.84. The highest BCUT2D eigenvalue weighted by atomic mass is 16.1. The van der Waals surface area contributed by atoms with Crippen LogP contribution in [0.4, 0.5) is 23.0 Å². The Bertz CT molecular complexity index is 2530. The van der Waals surface area contributed by atoms with Crippen molar-refractivity contribution in [2.45, 2.75) is 25.9 Å². The predicted octanol–water partition coefficient (Wildman–Crippen LogP) is 7.68. The van der Waals surface area contributed by atoms with Gasteiger partial charge in [-0.2, -0.15) is 0 Å². The highest BCUT2D eigenvalue weighted by Crippen LogP contribution is 2.24. The molecule has 0 saturated heterocycles. The minimum Gasteiger partial charge on any atom is -0.399 e. The van der Waals surface area contributed by atoms with Gasteiger partial charge in [0.1, 0.15) is 24.3 Å². The molecule has 4 heterocycles. The van der Waals surface area contributed by atoms with Crippen molar-refractivity contribution in [2.75, 3.05) is 21.7 Å². The van der Waals surface area contributed by atoms with Crippen LogP contribution in [0.3, 0.4) is 0 Å². The largest absolute Gasteiger partial charge is 0.399 e. The van der Waals surface area contributed by atoms with Crippen LogP contribution in [0.25, 0.3) is 33.7 Å². The summed E-state index contributed by atoms with van der Waals surface area (Å²) in [6.45, 7) is 7.64. The van der Waals surface area contributed by atoms with Gasteiger partial charge in [-0.15, -0.1) is 0 Å². The Labute approximate surface area is 311 Å².